The number of methoxy groups -OCH3 is 1. The largest absolute Gasteiger partial charge is 0.409 e. The summed E-state index contributed by atoms with van der Waals surface area (Å²) in [4.78, 5) is 13.9. The van der Waals surface area contributed by atoms with Crippen LogP contribution in [0.2, 0.25) is 0 Å². The number of hydrogen-bond donors (Lipinski definition) is 3. The van der Waals surface area contributed by atoms with Gasteiger partial charge in [0.15, 0.2) is 0 Å². The molecular formula is C13H17N7O2. The molecule has 0 saturated heterocycles. The van der Waals surface area contributed by atoms with Crippen LogP contribution in [-0.4, -0.2) is 46.3 Å². The molecule has 0 aliphatic carbocycles. The zero-order chi connectivity index (χ0) is 15.9. The summed E-state index contributed by atoms with van der Waals surface area (Å²) < 4.78 is 5.11. The Kier molecular flexibility index (Phi) is 5.04. The molecule has 0 atom stereocenters. The fourth-order valence-corrected chi connectivity index (χ4v) is 1.80. The smallest absolute Gasteiger partial charge is 0.235 e. The Bertz CT molecular complexity index is 648. The van der Waals surface area contributed by atoms with E-state index in [1.165, 1.54) is 0 Å². The van der Waals surface area contributed by atoms with Crippen molar-refractivity contribution in [2.24, 2.45) is 10.9 Å². The highest BCUT2D eigenvalue weighted by Gasteiger charge is 2.16. The van der Waals surface area contributed by atoms with Gasteiger partial charge >= 0.3 is 0 Å². The average Bonchev–Trinajstić information content (AvgIpc) is 2.55. The van der Waals surface area contributed by atoms with E-state index in [9.17, 15) is 0 Å². The predicted octanol–water partition coefficient (Wildman–Crippen LogP) is 0.333. The van der Waals surface area contributed by atoms with E-state index in [0.717, 1.165) is 5.69 Å². The maximum atomic E-state index is 8.76. The van der Waals surface area contributed by atoms with Crippen LogP contribution in [0.5, 0.6) is 0 Å². The van der Waals surface area contributed by atoms with Crippen molar-refractivity contribution < 1.29 is 9.94 Å². The summed E-state index contributed by atoms with van der Waals surface area (Å²) in [5.74, 6) is 0.0285. The summed E-state index contributed by atoms with van der Waals surface area (Å²) in [5.41, 5.74) is 12.1. The molecule has 0 fully saturated rings. The van der Waals surface area contributed by atoms with Crippen molar-refractivity contribution >= 4 is 23.4 Å². The fraction of sp³-hybridized carbons (Fsp3) is 0.231. The first kappa shape index (κ1) is 15.4. The van der Waals surface area contributed by atoms with Crippen LogP contribution in [0.1, 0.15) is 5.82 Å². The van der Waals surface area contributed by atoms with Crippen LogP contribution < -0.4 is 16.4 Å². The molecule has 1 heterocycles. The van der Waals surface area contributed by atoms with E-state index in [1.807, 2.05) is 30.3 Å². The first-order valence-corrected chi connectivity index (χ1v) is 6.46. The van der Waals surface area contributed by atoms with Crippen molar-refractivity contribution in [2.45, 2.75) is 0 Å². The third-order valence-corrected chi connectivity index (χ3v) is 2.81. The molecule has 9 nitrogen and oxygen atoms in total. The minimum absolute atomic E-state index is 0.00310. The number of benzene rings is 1. The van der Waals surface area contributed by atoms with E-state index in [2.05, 4.69) is 20.1 Å². The Morgan fingerprint density at radius 2 is 2.00 bits per heavy atom. The maximum Gasteiger partial charge on any atom is 0.235 e. The highest BCUT2D eigenvalue weighted by molar-refractivity contribution is 5.93. The number of aromatic nitrogens is 3. The molecular weight excluding hydrogens is 286 g/mol. The van der Waals surface area contributed by atoms with Gasteiger partial charge in [-0.1, -0.05) is 23.4 Å². The first-order valence-electron chi connectivity index (χ1n) is 6.46. The molecule has 9 heteroatoms. The van der Waals surface area contributed by atoms with Crippen molar-refractivity contribution in [2.75, 3.05) is 30.9 Å². The van der Waals surface area contributed by atoms with Crippen LogP contribution >= 0.6 is 0 Å². The summed E-state index contributed by atoms with van der Waals surface area (Å²) in [6, 6.07) is 9.49. The standard InChI is InChI=1S/C13H17N7O2/c1-22-8-7-20(9-5-3-2-4-6-9)13-17-11(10(14)19-21)16-12(15)18-13/h2-6,21H,7-8H2,1H3,(H2,14,19)(H2,15,16,17,18). The van der Waals surface area contributed by atoms with Gasteiger partial charge in [0.2, 0.25) is 23.6 Å². The number of nitrogens with zero attached hydrogens (tertiary/aromatic N) is 5. The highest BCUT2D eigenvalue weighted by Crippen LogP contribution is 2.21. The lowest BCUT2D eigenvalue weighted by molar-refractivity contribution is 0.207. The number of nitrogen functional groups attached to an aromatic ring is 1. The van der Waals surface area contributed by atoms with Gasteiger partial charge in [-0.05, 0) is 12.1 Å². The molecule has 0 aliphatic rings. The van der Waals surface area contributed by atoms with E-state index < -0.39 is 0 Å². The fourth-order valence-electron chi connectivity index (χ4n) is 1.80. The van der Waals surface area contributed by atoms with E-state index in [-0.39, 0.29) is 23.6 Å². The Labute approximate surface area is 127 Å². The number of hydrogen-bond acceptors (Lipinski definition) is 8. The van der Waals surface area contributed by atoms with Crippen LogP contribution in [0.25, 0.3) is 0 Å². The number of ether oxygens (including phenoxy) is 1. The van der Waals surface area contributed by atoms with E-state index in [0.29, 0.717) is 13.2 Å². The Morgan fingerprint density at radius 1 is 1.27 bits per heavy atom. The molecule has 2 rings (SSSR count). The third kappa shape index (κ3) is 3.58. The van der Waals surface area contributed by atoms with Crippen molar-refractivity contribution in [3.63, 3.8) is 0 Å². The van der Waals surface area contributed by atoms with E-state index in [4.69, 9.17) is 21.4 Å². The Morgan fingerprint density at radius 3 is 2.64 bits per heavy atom. The van der Waals surface area contributed by atoms with Crippen LogP contribution in [-0.2, 0) is 4.74 Å². The quantitative estimate of drug-likeness (QED) is 0.301. The maximum absolute atomic E-state index is 8.76. The second kappa shape index (κ2) is 7.18. The average molecular weight is 303 g/mol. The number of amidine groups is 1. The number of anilines is 3. The van der Waals surface area contributed by atoms with Crippen molar-refractivity contribution in [3.8, 4) is 0 Å². The van der Waals surface area contributed by atoms with Gasteiger partial charge in [0, 0.05) is 19.3 Å². The molecule has 22 heavy (non-hydrogen) atoms. The molecule has 0 spiro atoms. The molecule has 1 aromatic carbocycles. The molecule has 0 radical (unpaired) electrons. The van der Waals surface area contributed by atoms with Gasteiger partial charge < -0.3 is 26.3 Å². The number of rotatable bonds is 6. The van der Waals surface area contributed by atoms with E-state index in [1.54, 1.807) is 12.0 Å². The molecule has 0 unspecified atom stereocenters. The van der Waals surface area contributed by atoms with Gasteiger partial charge in [-0.3, -0.25) is 0 Å². The van der Waals surface area contributed by atoms with Gasteiger partial charge in [0.05, 0.1) is 6.61 Å². The number of para-hydroxylation sites is 1. The minimum atomic E-state index is -0.241. The molecule has 2 aromatic rings. The summed E-state index contributed by atoms with van der Waals surface area (Å²) in [6.45, 7) is 0.957. The van der Waals surface area contributed by atoms with E-state index >= 15 is 0 Å². The Balaban J connectivity index is 2.45. The molecule has 0 amide bonds. The second-order valence-electron chi connectivity index (χ2n) is 4.28. The summed E-state index contributed by atoms with van der Waals surface area (Å²) in [5, 5.41) is 11.6. The van der Waals surface area contributed by atoms with Gasteiger partial charge in [-0.15, -0.1) is 0 Å². The zero-order valence-electron chi connectivity index (χ0n) is 12.0. The number of nitrogens with two attached hydrogens (primary N) is 2. The molecule has 116 valence electrons. The topological polar surface area (TPSA) is 136 Å². The summed E-state index contributed by atoms with van der Waals surface area (Å²) in [6.07, 6.45) is 0. The Hall–Kier alpha value is -2.94. The molecule has 0 aliphatic heterocycles. The third-order valence-electron chi connectivity index (χ3n) is 2.81. The molecule has 1 aromatic heterocycles. The van der Waals surface area contributed by atoms with Crippen LogP contribution in [0.4, 0.5) is 17.6 Å². The molecule has 5 N–H and O–H groups in total. The lowest BCUT2D eigenvalue weighted by atomic mass is 10.3. The highest BCUT2D eigenvalue weighted by atomic mass is 16.5. The SMILES string of the molecule is COCCN(c1ccccc1)c1nc(N)nc(C(N)=NO)n1. The second-order valence-corrected chi connectivity index (χ2v) is 4.28. The zero-order valence-corrected chi connectivity index (χ0v) is 12.0. The minimum Gasteiger partial charge on any atom is -0.409 e. The molecule has 0 bridgehead atoms. The summed E-state index contributed by atoms with van der Waals surface area (Å²) >= 11 is 0. The van der Waals surface area contributed by atoms with Crippen molar-refractivity contribution in [3.05, 3.63) is 36.2 Å². The predicted molar refractivity (Wildman–Crippen MR) is 82.1 cm³/mol. The van der Waals surface area contributed by atoms with Crippen molar-refractivity contribution in [1.82, 2.24) is 15.0 Å². The van der Waals surface area contributed by atoms with Gasteiger partial charge in [-0.25, -0.2) is 0 Å². The normalized spacial score (nSPS) is 11.4. The monoisotopic (exact) mass is 303 g/mol. The van der Waals surface area contributed by atoms with Crippen molar-refractivity contribution in [1.29, 1.82) is 0 Å². The first-order chi connectivity index (χ1) is 10.7. The lowest BCUT2D eigenvalue weighted by Gasteiger charge is -2.22. The van der Waals surface area contributed by atoms with Crippen LogP contribution in [0, 0.1) is 0 Å². The van der Waals surface area contributed by atoms with Gasteiger partial charge in [0.25, 0.3) is 0 Å². The van der Waals surface area contributed by atoms with Gasteiger partial charge in [0.1, 0.15) is 0 Å². The van der Waals surface area contributed by atoms with Crippen LogP contribution in [0.15, 0.2) is 35.5 Å². The summed E-state index contributed by atoms with van der Waals surface area (Å²) in [7, 11) is 1.60. The number of oxime groups is 1. The molecule has 0 saturated carbocycles. The van der Waals surface area contributed by atoms with Gasteiger partial charge in [-0.2, -0.15) is 15.0 Å². The lowest BCUT2D eigenvalue weighted by Crippen LogP contribution is -2.27. The van der Waals surface area contributed by atoms with Crippen LogP contribution in [0.3, 0.4) is 0 Å².